The summed E-state index contributed by atoms with van der Waals surface area (Å²) in [6, 6.07) is 7.67. The SMILES string of the molecule is COc1cc(C)cc(/C(O)=C2/CC=c3ncc(-c4cnn(C)c4)cc3=[N+]2CCO)c1. The molecular formula is C23H25N4O3+. The minimum atomic E-state index is -0.0511. The predicted octanol–water partition coefficient (Wildman–Crippen LogP) is 1.39. The maximum Gasteiger partial charge on any atom is 0.231 e. The number of methoxy groups -OCH3 is 1. The molecule has 7 nitrogen and oxygen atoms in total. The summed E-state index contributed by atoms with van der Waals surface area (Å²) < 4.78 is 9.04. The largest absolute Gasteiger partial charge is 0.502 e. The monoisotopic (exact) mass is 405 g/mol. The van der Waals surface area contributed by atoms with E-state index in [-0.39, 0.29) is 12.4 Å². The number of allylic oxidation sites excluding steroid dienone is 1. The highest BCUT2D eigenvalue weighted by atomic mass is 16.5. The summed E-state index contributed by atoms with van der Waals surface area (Å²) in [6.45, 7) is 2.26. The number of aliphatic hydroxyl groups is 2. The maximum absolute atomic E-state index is 11.1. The molecule has 2 aromatic heterocycles. The average molecular weight is 405 g/mol. The molecule has 1 aromatic carbocycles. The first-order valence-electron chi connectivity index (χ1n) is 9.79. The van der Waals surface area contributed by atoms with Crippen molar-refractivity contribution in [3.63, 3.8) is 0 Å². The van der Waals surface area contributed by atoms with Crippen molar-refractivity contribution in [2.24, 2.45) is 7.05 Å². The minimum Gasteiger partial charge on any atom is -0.502 e. The Labute approximate surface area is 174 Å². The molecule has 4 rings (SSSR count). The molecule has 0 unspecified atom stereocenters. The van der Waals surface area contributed by atoms with Crippen LogP contribution in [0.2, 0.25) is 0 Å². The van der Waals surface area contributed by atoms with Crippen LogP contribution in [0.5, 0.6) is 5.75 Å². The Hall–Kier alpha value is -3.45. The van der Waals surface area contributed by atoms with E-state index in [0.29, 0.717) is 30.0 Å². The van der Waals surface area contributed by atoms with Gasteiger partial charge in [-0.15, -0.1) is 0 Å². The van der Waals surface area contributed by atoms with Gasteiger partial charge in [0.25, 0.3) is 0 Å². The van der Waals surface area contributed by atoms with Gasteiger partial charge >= 0.3 is 0 Å². The van der Waals surface area contributed by atoms with Crippen LogP contribution >= 0.6 is 0 Å². The lowest BCUT2D eigenvalue weighted by Crippen LogP contribution is -2.45. The zero-order valence-corrected chi connectivity index (χ0v) is 17.3. The minimum absolute atomic E-state index is 0.0511. The highest BCUT2D eigenvalue weighted by molar-refractivity contribution is 5.66. The van der Waals surface area contributed by atoms with Gasteiger partial charge in [0, 0.05) is 42.2 Å². The molecule has 0 spiro atoms. The van der Waals surface area contributed by atoms with E-state index in [9.17, 15) is 10.2 Å². The molecule has 0 amide bonds. The van der Waals surface area contributed by atoms with Crippen molar-refractivity contribution >= 4 is 11.8 Å². The Morgan fingerprint density at radius 1 is 1.20 bits per heavy atom. The molecule has 0 aliphatic carbocycles. The van der Waals surface area contributed by atoms with Crippen LogP contribution in [-0.4, -0.2) is 45.2 Å². The lowest BCUT2D eigenvalue weighted by Gasteiger charge is -2.13. The van der Waals surface area contributed by atoms with Crippen LogP contribution in [0.1, 0.15) is 17.5 Å². The van der Waals surface area contributed by atoms with Crippen molar-refractivity contribution in [2.75, 3.05) is 20.3 Å². The first-order chi connectivity index (χ1) is 14.5. The molecule has 0 fully saturated rings. The molecule has 3 aromatic rings. The van der Waals surface area contributed by atoms with Crippen LogP contribution in [0.15, 0.2) is 48.6 Å². The molecule has 1 aliphatic rings. The van der Waals surface area contributed by atoms with Crippen molar-refractivity contribution in [1.82, 2.24) is 19.3 Å². The van der Waals surface area contributed by atoms with Gasteiger partial charge < -0.3 is 14.9 Å². The number of hydrogen-bond donors (Lipinski definition) is 2. The predicted molar refractivity (Wildman–Crippen MR) is 115 cm³/mol. The number of aryl methyl sites for hydroxylation is 2. The van der Waals surface area contributed by atoms with Crippen molar-refractivity contribution < 1.29 is 14.9 Å². The fourth-order valence-electron chi connectivity index (χ4n) is 3.76. The first kappa shape index (κ1) is 19.8. The Kier molecular flexibility index (Phi) is 5.37. The quantitative estimate of drug-likeness (QED) is 0.495. The lowest BCUT2D eigenvalue weighted by atomic mass is 10.0. The van der Waals surface area contributed by atoms with Crippen molar-refractivity contribution in [2.45, 2.75) is 13.3 Å². The van der Waals surface area contributed by atoms with Gasteiger partial charge in [-0.3, -0.25) is 4.68 Å². The first-order valence-corrected chi connectivity index (χ1v) is 9.79. The second-order valence-electron chi connectivity index (χ2n) is 7.35. The Morgan fingerprint density at radius 3 is 2.73 bits per heavy atom. The number of nitrogens with zero attached hydrogens (tertiary/aromatic N) is 4. The molecule has 30 heavy (non-hydrogen) atoms. The number of ether oxygens (including phenoxy) is 1. The van der Waals surface area contributed by atoms with Crippen LogP contribution in [0.4, 0.5) is 0 Å². The molecule has 7 heteroatoms. The zero-order chi connectivity index (χ0) is 21.3. The summed E-state index contributed by atoms with van der Waals surface area (Å²) in [5, 5.41) is 26.8. The average Bonchev–Trinajstić information content (AvgIpc) is 3.19. The second-order valence-corrected chi connectivity index (χ2v) is 7.35. The number of pyridine rings is 1. The highest BCUT2D eigenvalue weighted by Crippen LogP contribution is 2.25. The third-order valence-electron chi connectivity index (χ3n) is 5.20. The number of aliphatic hydroxyl groups excluding tert-OH is 2. The lowest BCUT2D eigenvalue weighted by molar-refractivity contribution is 0.286. The third kappa shape index (κ3) is 3.71. The van der Waals surface area contributed by atoms with Crippen LogP contribution in [0.25, 0.3) is 23.0 Å². The summed E-state index contributed by atoms with van der Waals surface area (Å²) in [6.07, 6.45) is 8.05. The molecule has 0 radical (unpaired) electrons. The molecule has 2 N–H and O–H groups in total. The topological polar surface area (TPSA) is 83.4 Å². The fourth-order valence-corrected chi connectivity index (χ4v) is 3.76. The molecule has 0 saturated heterocycles. The summed E-state index contributed by atoms with van der Waals surface area (Å²) in [5.41, 5.74) is 4.27. The van der Waals surface area contributed by atoms with Crippen molar-refractivity contribution in [3.05, 3.63) is 70.4 Å². The van der Waals surface area contributed by atoms with Crippen molar-refractivity contribution in [3.8, 4) is 16.9 Å². The van der Waals surface area contributed by atoms with Gasteiger partial charge in [-0.25, -0.2) is 4.98 Å². The van der Waals surface area contributed by atoms with E-state index >= 15 is 0 Å². The molecule has 154 valence electrons. The second kappa shape index (κ2) is 8.12. The van der Waals surface area contributed by atoms with Gasteiger partial charge in [-0.05, 0) is 36.8 Å². The van der Waals surface area contributed by atoms with E-state index in [1.54, 1.807) is 18.0 Å². The molecule has 3 heterocycles. The van der Waals surface area contributed by atoms with E-state index in [0.717, 1.165) is 27.4 Å². The van der Waals surface area contributed by atoms with Crippen LogP contribution in [0, 0.1) is 6.92 Å². The normalized spacial score (nSPS) is 14.9. The van der Waals surface area contributed by atoms with E-state index < -0.39 is 0 Å². The third-order valence-corrected chi connectivity index (χ3v) is 5.20. The standard InChI is InChI=1S/C23H24N4O3/c1-15-8-16(10-19(9-15)30-3)23(29)21-5-4-20-22(27(21)6-7-28)11-17(12-24-20)18-13-25-26(2)14-18/h4,8-14,28H,5-7H2,1-3H3/p+1. The fraction of sp³-hybridized carbons (Fsp3) is 0.261. The summed E-state index contributed by atoms with van der Waals surface area (Å²) in [4.78, 5) is 4.61. The van der Waals surface area contributed by atoms with E-state index in [1.807, 2.05) is 61.3 Å². The molecule has 1 aliphatic heterocycles. The maximum atomic E-state index is 11.1. The number of aromatic nitrogens is 3. The molecule has 0 atom stereocenters. The Balaban J connectivity index is 1.93. The number of hydrogen-bond acceptors (Lipinski definition) is 5. The van der Waals surface area contributed by atoms with Gasteiger partial charge in [0.2, 0.25) is 11.1 Å². The highest BCUT2D eigenvalue weighted by Gasteiger charge is 2.25. The molecule has 0 bridgehead atoms. The van der Waals surface area contributed by atoms with E-state index in [4.69, 9.17) is 4.74 Å². The summed E-state index contributed by atoms with van der Waals surface area (Å²) in [7, 11) is 3.48. The number of fused-ring (bicyclic) bond motifs is 1. The Morgan fingerprint density at radius 2 is 2.03 bits per heavy atom. The molecular weight excluding hydrogens is 380 g/mol. The number of benzene rings is 1. The van der Waals surface area contributed by atoms with Gasteiger partial charge in [0.15, 0.2) is 12.3 Å². The summed E-state index contributed by atoms with van der Waals surface area (Å²) in [5.74, 6) is 0.853. The smallest absolute Gasteiger partial charge is 0.231 e. The van der Waals surface area contributed by atoms with Crippen molar-refractivity contribution in [1.29, 1.82) is 0 Å². The number of rotatable bonds is 5. The van der Waals surface area contributed by atoms with Crippen LogP contribution < -0.4 is 20.0 Å². The van der Waals surface area contributed by atoms with Crippen LogP contribution in [-0.2, 0) is 7.05 Å². The summed E-state index contributed by atoms with van der Waals surface area (Å²) >= 11 is 0. The van der Waals surface area contributed by atoms with Gasteiger partial charge in [-0.1, -0.05) is 0 Å². The number of β-amino-alcohol motifs (C(OH)–C–C–N with tert-alkyl or cyclic N) is 1. The van der Waals surface area contributed by atoms with Gasteiger partial charge in [0.05, 0.1) is 19.7 Å². The zero-order valence-electron chi connectivity index (χ0n) is 17.3. The van der Waals surface area contributed by atoms with E-state index in [2.05, 4.69) is 10.1 Å². The van der Waals surface area contributed by atoms with Gasteiger partial charge in [0.1, 0.15) is 17.7 Å². The van der Waals surface area contributed by atoms with E-state index in [1.165, 1.54) is 0 Å². The Bertz CT molecular complexity index is 1260. The molecule has 0 saturated carbocycles. The van der Waals surface area contributed by atoms with Crippen LogP contribution in [0.3, 0.4) is 0 Å². The van der Waals surface area contributed by atoms with Gasteiger partial charge in [-0.2, -0.15) is 9.67 Å².